The van der Waals surface area contributed by atoms with E-state index in [1.165, 1.54) is 12.0 Å². The number of hydrogen-bond donors (Lipinski definition) is 2. The lowest BCUT2D eigenvalue weighted by Gasteiger charge is -2.27. The van der Waals surface area contributed by atoms with Crippen LogP contribution in [0.4, 0.5) is 10.6 Å². The Balaban J connectivity index is 1.34. The molecule has 24 heavy (non-hydrogen) atoms. The Kier molecular flexibility index (Phi) is 4.11. The molecule has 0 saturated heterocycles. The number of nitrogens with one attached hydrogen (secondary N) is 2. The second kappa shape index (κ2) is 6.55. The van der Waals surface area contributed by atoms with E-state index >= 15 is 0 Å². The summed E-state index contributed by atoms with van der Waals surface area (Å²) in [6.45, 7) is 0.492. The molecule has 1 unspecified atom stereocenters. The molecule has 1 aliphatic heterocycles. The van der Waals surface area contributed by atoms with E-state index in [1.54, 1.807) is 6.20 Å². The first kappa shape index (κ1) is 15.1. The van der Waals surface area contributed by atoms with Crippen molar-refractivity contribution in [2.45, 2.75) is 44.2 Å². The maximum atomic E-state index is 12.3. The van der Waals surface area contributed by atoms with Gasteiger partial charge in [-0.25, -0.2) is 9.48 Å². The van der Waals surface area contributed by atoms with Crippen LogP contribution in [0.25, 0.3) is 0 Å². The molecule has 1 aromatic heterocycles. The van der Waals surface area contributed by atoms with Crippen LogP contribution in [0.2, 0.25) is 0 Å². The average Bonchev–Trinajstić information content (AvgIpc) is 2.86. The van der Waals surface area contributed by atoms with Gasteiger partial charge in [0.05, 0.1) is 18.3 Å². The molecule has 6 nitrogen and oxygen atoms in total. The molecule has 1 saturated carbocycles. The smallest absolute Gasteiger partial charge is 0.320 e. The minimum absolute atomic E-state index is 0.00234. The van der Waals surface area contributed by atoms with Gasteiger partial charge in [-0.3, -0.25) is 5.32 Å². The third-order valence-corrected chi connectivity index (χ3v) is 4.84. The van der Waals surface area contributed by atoms with Gasteiger partial charge >= 0.3 is 6.03 Å². The fraction of sp³-hybridized carbons (Fsp3) is 0.444. The highest BCUT2D eigenvalue weighted by molar-refractivity contribution is 5.88. The van der Waals surface area contributed by atoms with Crippen molar-refractivity contribution in [1.82, 2.24) is 15.1 Å². The van der Waals surface area contributed by atoms with E-state index in [4.69, 9.17) is 4.74 Å². The van der Waals surface area contributed by atoms with Gasteiger partial charge in [0.2, 0.25) is 0 Å². The van der Waals surface area contributed by atoms with E-state index in [0.29, 0.717) is 12.6 Å². The molecule has 1 aliphatic carbocycles. The topological polar surface area (TPSA) is 68.2 Å². The monoisotopic (exact) mass is 326 g/mol. The van der Waals surface area contributed by atoms with Crippen LogP contribution in [0.5, 0.6) is 5.75 Å². The summed E-state index contributed by atoms with van der Waals surface area (Å²) >= 11 is 0. The van der Waals surface area contributed by atoms with E-state index in [9.17, 15) is 4.79 Å². The molecule has 2 aromatic rings. The van der Waals surface area contributed by atoms with Crippen LogP contribution in [0.3, 0.4) is 0 Å². The number of carbonyl (C=O) groups excluding carboxylic acids is 1. The lowest BCUT2D eigenvalue weighted by atomic mass is 9.93. The van der Waals surface area contributed by atoms with Crippen molar-refractivity contribution in [2.24, 2.45) is 0 Å². The van der Waals surface area contributed by atoms with Gasteiger partial charge < -0.3 is 10.1 Å². The number of hydrogen-bond acceptors (Lipinski definition) is 3. The van der Waals surface area contributed by atoms with Crippen molar-refractivity contribution in [3.63, 3.8) is 0 Å². The van der Waals surface area contributed by atoms with E-state index in [0.717, 1.165) is 37.3 Å². The summed E-state index contributed by atoms with van der Waals surface area (Å²) in [5, 5.41) is 10.3. The first-order valence-corrected chi connectivity index (χ1v) is 8.61. The third-order valence-electron chi connectivity index (χ3n) is 4.84. The van der Waals surface area contributed by atoms with Crippen molar-refractivity contribution >= 4 is 11.8 Å². The normalized spacial score (nSPS) is 20.2. The van der Waals surface area contributed by atoms with Crippen LogP contribution in [0.1, 0.15) is 37.3 Å². The minimum atomic E-state index is -0.198. The molecule has 0 bridgehead atoms. The quantitative estimate of drug-likeness (QED) is 0.910. The zero-order chi connectivity index (χ0) is 16.4. The first-order valence-electron chi connectivity index (χ1n) is 8.61. The zero-order valence-electron chi connectivity index (χ0n) is 13.6. The van der Waals surface area contributed by atoms with Crippen LogP contribution < -0.4 is 15.4 Å². The minimum Gasteiger partial charge on any atom is -0.491 e. The molecule has 2 N–H and O–H groups in total. The van der Waals surface area contributed by atoms with Gasteiger partial charge in [-0.15, -0.1) is 0 Å². The van der Waals surface area contributed by atoms with Gasteiger partial charge in [-0.1, -0.05) is 18.2 Å². The molecular formula is C18H22N4O2. The summed E-state index contributed by atoms with van der Waals surface area (Å²) in [6.07, 6.45) is 7.00. The highest BCUT2D eigenvalue weighted by atomic mass is 16.5. The van der Waals surface area contributed by atoms with Crippen molar-refractivity contribution in [3.05, 3.63) is 42.1 Å². The highest BCUT2D eigenvalue weighted by Gasteiger charge is 2.23. The van der Waals surface area contributed by atoms with Crippen molar-refractivity contribution < 1.29 is 9.53 Å². The molecule has 126 valence electrons. The lowest BCUT2D eigenvalue weighted by molar-refractivity contribution is 0.233. The maximum Gasteiger partial charge on any atom is 0.320 e. The van der Waals surface area contributed by atoms with Gasteiger partial charge in [-0.05, 0) is 43.7 Å². The summed E-state index contributed by atoms with van der Waals surface area (Å²) < 4.78 is 7.74. The van der Waals surface area contributed by atoms with Crippen molar-refractivity contribution in [1.29, 1.82) is 0 Å². The highest BCUT2D eigenvalue weighted by Crippen LogP contribution is 2.33. The summed E-state index contributed by atoms with van der Waals surface area (Å²) in [4.78, 5) is 12.3. The maximum absolute atomic E-state index is 12.3. The molecule has 0 radical (unpaired) electrons. The summed E-state index contributed by atoms with van der Waals surface area (Å²) in [7, 11) is 0. The number of nitrogens with zero attached hydrogens (tertiary/aromatic N) is 2. The molecule has 1 fully saturated rings. The Morgan fingerprint density at radius 1 is 1.21 bits per heavy atom. The zero-order valence-corrected chi connectivity index (χ0v) is 13.6. The Morgan fingerprint density at radius 3 is 2.92 bits per heavy atom. The second-order valence-corrected chi connectivity index (χ2v) is 6.50. The second-order valence-electron chi connectivity index (χ2n) is 6.50. The number of amides is 2. The van der Waals surface area contributed by atoms with Crippen LogP contribution in [-0.4, -0.2) is 28.5 Å². The van der Waals surface area contributed by atoms with Gasteiger partial charge in [-0.2, -0.15) is 5.10 Å². The first-order chi connectivity index (χ1) is 11.8. The predicted molar refractivity (Wildman–Crippen MR) is 91.3 cm³/mol. The van der Waals surface area contributed by atoms with Crippen LogP contribution in [-0.2, 0) is 6.42 Å². The van der Waals surface area contributed by atoms with Gasteiger partial charge in [0.15, 0.2) is 0 Å². The molecule has 1 aromatic carbocycles. The predicted octanol–water partition coefficient (Wildman–Crippen LogP) is 3.12. The van der Waals surface area contributed by atoms with E-state index in [1.807, 2.05) is 28.9 Å². The largest absolute Gasteiger partial charge is 0.491 e. The van der Waals surface area contributed by atoms with Crippen molar-refractivity contribution in [2.75, 3.05) is 11.9 Å². The molecule has 1 atom stereocenters. The number of ether oxygens (including phenoxy) is 1. The van der Waals surface area contributed by atoms with Crippen molar-refractivity contribution in [3.8, 4) is 5.75 Å². The number of para-hydroxylation sites is 1. The van der Waals surface area contributed by atoms with E-state index in [2.05, 4.69) is 21.8 Å². The molecule has 4 rings (SSSR count). The van der Waals surface area contributed by atoms with Gasteiger partial charge in [0.25, 0.3) is 0 Å². The summed E-state index contributed by atoms with van der Waals surface area (Å²) in [5.41, 5.74) is 1.20. The Labute approximate surface area is 141 Å². The van der Waals surface area contributed by atoms with E-state index < -0.39 is 0 Å². The number of aryl methyl sites for hydroxylation is 1. The number of anilines is 1. The number of benzene rings is 1. The van der Waals surface area contributed by atoms with Gasteiger partial charge in [0.1, 0.15) is 18.2 Å². The fourth-order valence-corrected chi connectivity index (χ4v) is 3.24. The Hall–Kier alpha value is -2.50. The standard InChI is InChI=1S/C18H22N4O2/c23-18(21-17-10-11-19-22(17)15-5-3-6-15)20-14-9-8-13-4-1-2-7-16(13)24-12-14/h1-2,4,7,10-11,14-15H,3,5-6,8-9,12H2,(H2,20,21,23). The number of fused-ring (bicyclic) bond motifs is 1. The molecular weight excluding hydrogens is 304 g/mol. The van der Waals surface area contributed by atoms with Crippen LogP contribution >= 0.6 is 0 Å². The summed E-state index contributed by atoms with van der Waals surface area (Å²) in [6, 6.07) is 10.1. The molecule has 2 aliphatic rings. The number of aromatic nitrogens is 2. The Morgan fingerprint density at radius 2 is 2.08 bits per heavy atom. The molecule has 2 amide bonds. The fourth-order valence-electron chi connectivity index (χ4n) is 3.24. The average molecular weight is 326 g/mol. The van der Waals surface area contributed by atoms with Crippen LogP contribution in [0, 0.1) is 0 Å². The number of carbonyl (C=O) groups is 1. The van der Waals surface area contributed by atoms with Crippen LogP contribution in [0.15, 0.2) is 36.5 Å². The third kappa shape index (κ3) is 3.09. The van der Waals surface area contributed by atoms with E-state index in [-0.39, 0.29) is 12.1 Å². The number of rotatable bonds is 3. The Bertz CT molecular complexity index is 696. The van der Waals surface area contributed by atoms with Gasteiger partial charge in [0, 0.05) is 6.07 Å². The lowest BCUT2D eigenvalue weighted by Crippen LogP contribution is -2.41. The number of urea groups is 1. The molecule has 2 heterocycles. The summed E-state index contributed by atoms with van der Waals surface area (Å²) in [5.74, 6) is 1.68. The SMILES string of the molecule is O=C(Nc1ccnn1C1CCC1)NC1CCc2ccccc2OC1. The molecule has 6 heteroatoms. The molecule has 0 spiro atoms.